The highest BCUT2D eigenvalue weighted by Crippen LogP contribution is 2.50. The fourth-order valence-corrected chi connectivity index (χ4v) is 6.52. The van der Waals surface area contributed by atoms with Crippen molar-refractivity contribution in [1.29, 1.82) is 0 Å². The fourth-order valence-electron chi connectivity index (χ4n) is 6.52. The number of halogens is 3. The Bertz CT molecular complexity index is 1140. The van der Waals surface area contributed by atoms with Crippen LogP contribution in [0.25, 0.3) is 0 Å². The summed E-state index contributed by atoms with van der Waals surface area (Å²) in [5.74, 6) is -1.09. The average Bonchev–Trinajstić information content (AvgIpc) is 3.33. The number of hydrogen-bond donors (Lipinski definition) is 1. The Hall–Kier alpha value is -2.87. The maximum Gasteiger partial charge on any atom is 0.430 e. The summed E-state index contributed by atoms with van der Waals surface area (Å²) in [7, 11) is 0.959. The van der Waals surface area contributed by atoms with Crippen molar-refractivity contribution in [2.24, 2.45) is 5.41 Å². The van der Waals surface area contributed by atoms with Gasteiger partial charge in [-0.05, 0) is 54.2 Å². The summed E-state index contributed by atoms with van der Waals surface area (Å²) in [6, 6.07) is 14.5. The van der Waals surface area contributed by atoms with Gasteiger partial charge in [0.05, 0.1) is 0 Å². The first-order valence-corrected chi connectivity index (χ1v) is 12.6. The van der Waals surface area contributed by atoms with Crippen LogP contribution >= 0.6 is 0 Å². The van der Waals surface area contributed by atoms with Crippen molar-refractivity contribution in [1.82, 2.24) is 10.2 Å². The largest absolute Gasteiger partial charge is 0.430 e. The first-order valence-electron chi connectivity index (χ1n) is 12.6. The minimum Gasteiger partial charge on any atom is -0.356 e. The quantitative estimate of drug-likeness (QED) is 0.673. The zero-order valence-electron chi connectivity index (χ0n) is 20.4. The van der Waals surface area contributed by atoms with Crippen molar-refractivity contribution in [3.63, 3.8) is 0 Å². The summed E-state index contributed by atoms with van der Waals surface area (Å²) in [5.41, 5.74) is -0.650. The number of alkyl halides is 3. The van der Waals surface area contributed by atoms with Gasteiger partial charge in [-0.2, -0.15) is 13.2 Å². The lowest BCUT2D eigenvalue weighted by molar-refractivity contribution is -0.271. The Balaban J connectivity index is 1.44. The summed E-state index contributed by atoms with van der Waals surface area (Å²) in [6.45, 7) is 0.764. The first kappa shape index (κ1) is 24.8. The number of fused-ring (bicyclic) bond motifs is 1. The van der Waals surface area contributed by atoms with E-state index in [0.717, 1.165) is 36.6 Å². The van der Waals surface area contributed by atoms with Gasteiger partial charge in [0.15, 0.2) is 0 Å². The van der Waals surface area contributed by atoms with Crippen LogP contribution in [0.5, 0.6) is 0 Å². The molecular weight excluding hydrogens is 469 g/mol. The molecule has 2 saturated heterocycles. The average molecular weight is 501 g/mol. The van der Waals surface area contributed by atoms with E-state index >= 15 is 0 Å². The van der Waals surface area contributed by atoms with Crippen LogP contribution < -0.4 is 5.32 Å². The van der Waals surface area contributed by atoms with E-state index in [1.165, 1.54) is 17.0 Å². The van der Waals surface area contributed by atoms with Gasteiger partial charge in [0.1, 0.15) is 0 Å². The summed E-state index contributed by atoms with van der Waals surface area (Å²) < 4.78 is 49.2. The van der Waals surface area contributed by atoms with E-state index in [9.17, 15) is 22.8 Å². The van der Waals surface area contributed by atoms with Gasteiger partial charge in [0.2, 0.25) is 5.91 Å². The SMILES string of the molecule is COC(C(=O)N1CCC2(CC1)CC(=O)NC[C@H]2c1ccccc1)(c1ccc2c(c1)CCC2)C(F)(F)F. The maximum atomic E-state index is 14.7. The number of nitrogens with zero attached hydrogens (tertiary/aromatic N) is 1. The number of piperidine rings is 2. The third-order valence-electron chi connectivity index (χ3n) is 8.52. The smallest absolute Gasteiger partial charge is 0.356 e. The predicted molar refractivity (Wildman–Crippen MR) is 128 cm³/mol. The van der Waals surface area contributed by atoms with E-state index < -0.39 is 23.1 Å². The predicted octanol–water partition coefficient (Wildman–Crippen LogP) is 4.49. The van der Waals surface area contributed by atoms with Gasteiger partial charge in [0.25, 0.3) is 11.5 Å². The third-order valence-corrected chi connectivity index (χ3v) is 8.52. The number of nitrogens with one attached hydrogen (secondary N) is 1. The van der Waals surface area contributed by atoms with Crippen molar-refractivity contribution in [2.75, 3.05) is 26.7 Å². The molecule has 1 aliphatic carbocycles. The molecule has 2 fully saturated rings. The van der Waals surface area contributed by atoms with E-state index in [1.54, 1.807) is 6.07 Å². The molecule has 2 aromatic carbocycles. The van der Waals surface area contributed by atoms with Gasteiger partial charge < -0.3 is 15.0 Å². The number of likely N-dealkylation sites (tertiary alicyclic amines) is 1. The van der Waals surface area contributed by atoms with Crippen molar-refractivity contribution >= 4 is 11.8 Å². The molecule has 2 aliphatic heterocycles. The molecule has 0 aromatic heterocycles. The van der Waals surface area contributed by atoms with Crippen LogP contribution in [0.1, 0.15) is 53.9 Å². The molecule has 2 heterocycles. The number of rotatable bonds is 4. The number of amides is 2. The van der Waals surface area contributed by atoms with Crippen molar-refractivity contribution in [3.8, 4) is 0 Å². The standard InChI is InChI=1S/C28H31F3N2O3/c1-36-27(28(29,30)31,22-11-10-19-8-5-9-21(19)16-22)25(35)33-14-12-26(13-15-33)17-24(34)32-18-23(26)20-6-3-2-4-7-20/h2-4,6-7,10-11,16,23H,5,8-9,12-15,17-18H2,1H3,(H,32,34)/t23-,27?/m0/s1. The molecule has 5 rings (SSSR count). The molecule has 5 nitrogen and oxygen atoms in total. The van der Waals surface area contributed by atoms with Gasteiger partial charge in [-0.15, -0.1) is 0 Å². The zero-order valence-corrected chi connectivity index (χ0v) is 20.4. The van der Waals surface area contributed by atoms with Crippen LogP contribution in [-0.2, 0) is 32.8 Å². The van der Waals surface area contributed by atoms with Crippen LogP contribution in [-0.4, -0.2) is 49.6 Å². The highest BCUT2D eigenvalue weighted by molar-refractivity contribution is 5.88. The van der Waals surface area contributed by atoms with E-state index in [1.807, 2.05) is 30.3 Å². The molecule has 2 aromatic rings. The van der Waals surface area contributed by atoms with Gasteiger partial charge in [0, 0.05) is 44.6 Å². The van der Waals surface area contributed by atoms with Crippen LogP contribution in [0.2, 0.25) is 0 Å². The van der Waals surface area contributed by atoms with Crippen molar-refractivity contribution < 1.29 is 27.5 Å². The molecule has 2 amide bonds. The van der Waals surface area contributed by atoms with Crippen LogP contribution in [0, 0.1) is 5.41 Å². The second kappa shape index (κ2) is 9.21. The van der Waals surface area contributed by atoms with E-state index in [0.29, 0.717) is 32.2 Å². The van der Waals surface area contributed by atoms with Gasteiger partial charge >= 0.3 is 6.18 Å². The Morgan fingerprint density at radius 2 is 1.75 bits per heavy atom. The Labute approximate surface area is 209 Å². The topological polar surface area (TPSA) is 58.6 Å². The monoisotopic (exact) mass is 500 g/mol. The lowest BCUT2D eigenvalue weighted by Gasteiger charge is -2.50. The molecule has 0 saturated carbocycles. The molecule has 3 aliphatic rings. The van der Waals surface area contributed by atoms with Crippen LogP contribution in [0.3, 0.4) is 0 Å². The number of benzene rings is 2. The number of carbonyl (C=O) groups excluding carboxylic acids is 2. The summed E-state index contributed by atoms with van der Waals surface area (Å²) >= 11 is 0. The van der Waals surface area contributed by atoms with Crippen LogP contribution in [0.4, 0.5) is 13.2 Å². The lowest BCUT2D eigenvalue weighted by atomic mass is 9.62. The molecule has 0 radical (unpaired) electrons. The maximum absolute atomic E-state index is 14.7. The van der Waals surface area contributed by atoms with Crippen molar-refractivity contribution in [3.05, 3.63) is 70.8 Å². The second-order valence-corrected chi connectivity index (χ2v) is 10.3. The second-order valence-electron chi connectivity index (χ2n) is 10.3. The molecule has 1 unspecified atom stereocenters. The van der Waals surface area contributed by atoms with Gasteiger partial charge in [-0.3, -0.25) is 9.59 Å². The Morgan fingerprint density at radius 1 is 1.06 bits per heavy atom. The summed E-state index contributed by atoms with van der Waals surface area (Å²) in [4.78, 5) is 27.4. The van der Waals surface area contributed by atoms with E-state index in [-0.39, 0.29) is 30.5 Å². The number of hydrogen-bond acceptors (Lipinski definition) is 3. The molecule has 2 atom stereocenters. The summed E-state index contributed by atoms with van der Waals surface area (Å²) in [6.07, 6.45) is -1.31. The number of ether oxygens (including phenoxy) is 1. The minimum absolute atomic E-state index is 0.0418. The number of methoxy groups -OCH3 is 1. The molecule has 8 heteroatoms. The Morgan fingerprint density at radius 3 is 2.42 bits per heavy atom. The molecule has 0 bridgehead atoms. The normalized spacial score (nSPS) is 23.2. The van der Waals surface area contributed by atoms with Gasteiger partial charge in [-0.25, -0.2) is 0 Å². The molecule has 1 N–H and O–H groups in total. The highest BCUT2D eigenvalue weighted by atomic mass is 19.4. The fraction of sp³-hybridized carbons (Fsp3) is 0.500. The Kier molecular flexibility index (Phi) is 6.35. The van der Waals surface area contributed by atoms with Gasteiger partial charge in [-0.1, -0.05) is 48.5 Å². The summed E-state index contributed by atoms with van der Waals surface area (Å²) in [5, 5.41) is 2.94. The zero-order chi connectivity index (χ0) is 25.6. The molecular formula is C28H31F3N2O3. The number of carbonyl (C=O) groups is 2. The van der Waals surface area contributed by atoms with E-state index in [4.69, 9.17) is 4.74 Å². The first-order chi connectivity index (χ1) is 17.2. The van der Waals surface area contributed by atoms with Crippen LogP contribution in [0.15, 0.2) is 48.5 Å². The molecule has 36 heavy (non-hydrogen) atoms. The minimum atomic E-state index is -4.93. The molecule has 192 valence electrons. The lowest BCUT2D eigenvalue weighted by Crippen LogP contribution is -2.60. The molecule has 1 spiro atoms. The third kappa shape index (κ3) is 3.99. The van der Waals surface area contributed by atoms with E-state index in [2.05, 4.69) is 5.32 Å². The van der Waals surface area contributed by atoms with Crippen molar-refractivity contribution in [2.45, 2.75) is 56.2 Å². The number of aryl methyl sites for hydroxylation is 2. The highest BCUT2D eigenvalue weighted by Gasteiger charge is 2.64.